The summed E-state index contributed by atoms with van der Waals surface area (Å²) in [5.74, 6) is 1.06. The summed E-state index contributed by atoms with van der Waals surface area (Å²) in [6, 6.07) is 8.57. The number of imidazole rings is 1. The predicted molar refractivity (Wildman–Crippen MR) is 145 cm³/mol. The molecule has 1 aliphatic carbocycles. The van der Waals surface area contributed by atoms with Crippen LogP contribution < -0.4 is 0 Å². The molecule has 13 heteroatoms. The average Bonchev–Trinajstić information content (AvgIpc) is 3.22. The van der Waals surface area contributed by atoms with Crippen LogP contribution in [0.5, 0.6) is 0 Å². The lowest BCUT2D eigenvalue weighted by Crippen LogP contribution is -2.11. The van der Waals surface area contributed by atoms with Gasteiger partial charge >= 0.3 is 6.18 Å². The second kappa shape index (κ2) is 8.74. The molecule has 41 heavy (non-hydrogen) atoms. The van der Waals surface area contributed by atoms with Gasteiger partial charge in [-0.1, -0.05) is 12.1 Å². The van der Waals surface area contributed by atoms with Crippen molar-refractivity contribution in [1.82, 2.24) is 43.9 Å². The van der Waals surface area contributed by atoms with Crippen molar-refractivity contribution in [2.24, 2.45) is 21.1 Å². The normalized spacial score (nSPS) is 14.9. The Kier molecular flexibility index (Phi) is 5.42. The van der Waals surface area contributed by atoms with Crippen molar-refractivity contribution in [3.8, 4) is 28.5 Å². The van der Waals surface area contributed by atoms with E-state index in [1.807, 2.05) is 44.6 Å². The Morgan fingerprint density at radius 3 is 2.44 bits per heavy atom. The summed E-state index contributed by atoms with van der Waals surface area (Å²) in [4.78, 5) is 9.79. The number of fused-ring (bicyclic) bond motifs is 2. The fourth-order valence-electron chi connectivity index (χ4n) is 5.56. The molecule has 0 aliphatic heterocycles. The molecule has 1 fully saturated rings. The highest BCUT2D eigenvalue weighted by Gasteiger charge is 2.36. The van der Waals surface area contributed by atoms with Gasteiger partial charge in [0.05, 0.1) is 23.0 Å². The fraction of sp³-hybridized carbons (Fsp3) is 0.321. The van der Waals surface area contributed by atoms with E-state index in [-0.39, 0.29) is 5.82 Å². The third kappa shape index (κ3) is 4.10. The quantitative estimate of drug-likeness (QED) is 0.316. The lowest BCUT2D eigenvalue weighted by atomic mass is 10.0. The van der Waals surface area contributed by atoms with Gasteiger partial charge in [-0.15, -0.1) is 0 Å². The third-order valence-corrected chi connectivity index (χ3v) is 7.58. The minimum atomic E-state index is -4.53. The van der Waals surface area contributed by atoms with E-state index in [1.165, 1.54) is 11.7 Å². The average molecular weight is 562 g/mol. The summed E-state index contributed by atoms with van der Waals surface area (Å²) in [7, 11) is 5.05. The van der Waals surface area contributed by atoms with Gasteiger partial charge < -0.3 is 9.67 Å². The molecule has 7 rings (SSSR count). The largest absolute Gasteiger partial charge is 0.433 e. The van der Waals surface area contributed by atoms with E-state index in [0.29, 0.717) is 34.2 Å². The molecule has 0 radical (unpaired) electrons. The zero-order chi connectivity index (χ0) is 28.8. The summed E-state index contributed by atoms with van der Waals surface area (Å²) in [6.45, 7) is 1.67. The molecule has 0 amide bonds. The first kappa shape index (κ1) is 25.4. The molecular weight excluding hydrogens is 535 g/mol. The highest BCUT2D eigenvalue weighted by Crippen LogP contribution is 2.47. The molecule has 0 spiro atoms. The Balaban J connectivity index is 1.41. The van der Waals surface area contributed by atoms with Crippen LogP contribution in [0.2, 0.25) is 0 Å². The molecule has 6 aromatic rings. The minimum absolute atomic E-state index is 0.0727. The van der Waals surface area contributed by atoms with Gasteiger partial charge in [0.2, 0.25) is 0 Å². The number of pyridine rings is 1. The van der Waals surface area contributed by atoms with E-state index in [9.17, 15) is 18.3 Å². The summed E-state index contributed by atoms with van der Waals surface area (Å²) in [6.07, 6.45) is 0.252. The van der Waals surface area contributed by atoms with Gasteiger partial charge in [-0.25, -0.2) is 14.6 Å². The summed E-state index contributed by atoms with van der Waals surface area (Å²) in [5, 5.41) is 25.2. The van der Waals surface area contributed by atoms with Crippen LogP contribution >= 0.6 is 0 Å². The van der Waals surface area contributed by atoms with Gasteiger partial charge in [0, 0.05) is 73.1 Å². The zero-order valence-corrected chi connectivity index (χ0v) is 22.7. The molecule has 5 heterocycles. The van der Waals surface area contributed by atoms with E-state index in [2.05, 4.69) is 24.8 Å². The standard InChI is InChI=1S/C28H26F3N9O/c1-14(41)23-18(10-16-12-37(2)36-26(16)32-23)27-33-24(25(38(27)3)15-8-9-15)17-6-5-7-20-19(17)13-40(34-20)22-11-21(28(29,30)31)39(4)35-22/h5-7,10-15,41H,8-9H2,1-4H3. The van der Waals surface area contributed by atoms with Crippen LogP contribution in [-0.4, -0.2) is 49.0 Å². The van der Waals surface area contributed by atoms with Crippen LogP contribution in [0.3, 0.4) is 0 Å². The van der Waals surface area contributed by atoms with Crippen LogP contribution in [0, 0.1) is 0 Å². The number of nitrogens with zero attached hydrogens (tertiary/aromatic N) is 9. The third-order valence-electron chi connectivity index (χ3n) is 7.58. The maximum absolute atomic E-state index is 13.4. The molecule has 0 bridgehead atoms. The summed E-state index contributed by atoms with van der Waals surface area (Å²) >= 11 is 0. The molecule has 210 valence electrons. The number of halogens is 3. The summed E-state index contributed by atoms with van der Waals surface area (Å²) in [5.41, 5.74) is 4.15. The highest BCUT2D eigenvalue weighted by molar-refractivity contribution is 5.95. The molecule has 1 N–H and O–H groups in total. The number of aliphatic hydroxyl groups excluding tert-OH is 1. The number of benzene rings is 1. The minimum Gasteiger partial charge on any atom is -0.387 e. The van der Waals surface area contributed by atoms with E-state index in [0.717, 1.165) is 51.3 Å². The number of aliphatic hydroxyl groups is 1. The predicted octanol–water partition coefficient (Wildman–Crippen LogP) is 5.06. The Morgan fingerprint density at radius 2 is 1.76 bits per heavy atom. The fourth-order valence-corrected chi connectivity index (χ4v) is 5.56. The Hall–Kier alpha value is -4.52. The van der Waals surface area contributed by atoms with E-state index in [4.69, 9.17) is 4.98 Å². The van der Waals surface area contributed by atoms with Gasteiger partial charge in [0.15, 0.2) is 11.5 Å². The summed E-state index contributed by atoms with van der Waals surface area (Å²) < 4.78 is 46.2. The lowest BCUT2D eigenvalue weighted by molar-refractivity contribution is -0.143. The Bertz CT molecular complexity index is 1970. The number of hydrogen-bond donors (Lipinski definition) is 1. The molecule has 0 saturated heterocycles. The van der Waals surface area contributed by atoms with E-state index >= 15 is 0 Å². The first-order valence-corrected chi connectivity index (χ1v) is 13.2. The van der Waals surface area contributed by atoms with Crippen LogP contribution in [0.1, 0.15) is 48.9 Å². The Labute approximate surface area is 231 Å². The SMILES string of the molecule is CC(O)c1nc2nn(C)cc2cc1-c1nc(-c2cccc3nn(-c4cc(C(F)(F)F)n(C)n4)cc23)c(C2CC2)n1C. The van der Waals surface area contributed by atoms with Gasteiger partial charge in [-0.05, 0) is 31.9 Å². The Morgan fingerprint density at radius 1 is 0.976 bits per heavy atom. The molecule has 1 aliphatic rings. The smallest absolute Gasteiger partial charge is 0.387 e. The van der Waals surface area contributed by atoms with Crippen LogP contribution in [-0.2, 0) is 27.3 Å². The van der Waals surface area contributed by atoms with Crippen molar-refractivity contribution in [1.29, 1.82) is 0 Å². The van der Waals surface area contributed by atoms with Crippen molar-refractivity contribution >= 4 is 21.9 Å². The second-order valence-electron chi connectivity index (χ2n) is 10.6. The molecule has 1 aromatic carbocycles. The van der Waals surface area contributed by atoms with Crippen molar-refractivity contribution < 1.29 is 18.3 Å². The first-order valence-electron chi connectivity index (χ1n) is 13.2. The van der Waals surface area contributed by atoms with Gasteiger partial charge in [0.1, 0.15) is 11.5 Å². The topological polar surface area (TPSA) is 104 Å². The molecule has 1 atom stereocenters. The number of aromatic nitrogens is 9. The van der Waals surface area contributed by atoms with Crippen molar-refractivity contribution in [3.05, 3.63) is 59.8 Å². The number of hydrogen-bond acceptors (Lipinski definition) is 6. The van der Waals surface area contributed by atoms with Crippen LogP contribution in [0.15, 0.2) is 42.7 Å². The zero-order valence-electron chi connectivity index (χ0n) is 22.7. The van der Waals surface area contributed by atoms with E-state index < -0.39 is 18.0 Å². The molecular formula is C28H26F3N9O. The number of alkyl halides is 3. The van der Waals surface area contributed by atoms with Crippen LogP contribution in [0.25, 0.3) is 50.4 Å². The van der Waals surface area contributed by atoms with Crippen molar-refractivity contribution in [2.75, 3.05) is 0 Å². The van der Waals surface area contributed by atoms with Crippen molar-refractivity contribution in [3.63, 3.8) is 0 Å². The van der Waals surface area contributed by atoms with Crippen LogP contribution in [0.4, 0.5) is 13.2 Å². The number of aryl methyl sites for hydroxylation is 2. The van der Waals surface area contributed by atoms with Crippen molar-refractivity contribution in [2.45, 2.75) is 38.0 Å². The number of rotatable bonds is 5. The molecule has 1 unspecified atom stereocenters. The van der Waals surface area contributed by atoms with Gasteiger partial charge in [-0.3, -0.25) is 9.36 Å². The molecule has 5 aromatic heterocycles. The maximum atomic E-state index is 13.4. The van der Waals surface area contributed by atoms with Gasteiger partial charge in [0.25, 0.3) is 0 Å². The lowest BCUT2D eigenvalue weighted by Gasteiger charge is -2.12. The van der Waals surface area contributed by atoms with E-state index in [1.54, 1.807) is 17.8 Å². The molecule has 1 saturated carbocycles. The maximum Gasteiger partial charge on any atom is 0.433 e. The monoisotopic (exact) mass is 561 g/mol. The highest BCUT2D eigenvalue weighted by atomic mass is 19.4. The molecule has 10 nitrogen and oxygen atoms in total. The second-order valence-corrected chi connectivity index (χ2v) is 10.6. The van der Waals surface area contributed by atoms with Gasteiger partial charge in [-0.2, -0.15) is 28.5 Å². The first-order chi connectivity index (χ1) is 19.5.